The Labute approximate surface area is 130 Å². The van der Waals surface area contributed by atoms with E-state index in [-0.39, 0.29) is 0 Å². The summed E-state index contributed by atoms with van der Waals surface area (Å²) in [6.07, 6.45) is 0. The van der Waals surface area contributed by atoms with Crippen LogP contribution in [0.5, 0.6) is 0 Å². The number of nitrogens with one attached hydrogen (secondary N) is 2. The maximum absolute atomic E-state index is 4.53. The van der Waals surface area contributed by atoms with Gasteiger partial charge in [-0.15, -0.1) is 11.3 Å². The van der Waals surface area contributed by atoms with Crippen molar-refractivity contribution in [2.24, 2.45) is 5.92 Å². The van der Waals surface area contributed by atoms with Gasteiger partial charge in [0.05, 0.1) is 5.69 Å². The van der Waals surface area contributed by atoms with Gasteiger partial charge in [0, 0.05) is 47.4 Å². The molecule has 0 saturated heterocycles. The first-order valence-electron chi connectivity index (χ1n) is 7.61. The Morgan fingerprint density at radius 1 is 1.43 bits per heavy atom. The molecule has 0 aliphatic carbocycles. The van der Waals surface area contributed by atoms with E-state index in [4.69, 9.17) is 0 Å². The van der Waals surface area contributed by atoms with Crippen molar-refractivity contribution < 1.29 is 0 Å². The molecule has 3 heterocycles. The number of nitrogens with zero attached hydrogens (tertiary/aromatic N) is 2. The standard InChI is InChI=1S/C16H24N4S/c1-10-5-16-18-8-14(9-20(16)19-10)7-17-12(3)15-6-11(2)21-13(15)4/h5-6,12,14,17-18H,7-9H2,1-4H3/t12-,14+/m0/s1. The topological polar surface area (TPSA) is 41.9 Å². The number of aryl methyl sites for hydroxylation is 3. The Kier molecular flexibility index (Phi) is 4.04. The van der Waals surface area contributed by atoms with E-state index in [1.807, 2.05) is 18.3 Å². The molecule has 0 saturated carbocycles. The summed E-state index contributed by atoms with van der Waals surface area (Å²) >= 11 is 1.89. The highest BCUT2D eigenvalue weighted by atomic mass is 32.1. The minimum Gasteiger partial charge on any atom is -0.370 e. The van der Waals surface area contributed by atoms with Gasteiger partial charge in [0.1, 0.15) is 5.82 Å². The Hall–Kier alpha value is -1.33. The molecule has 2 N–H and O–H groups in total. The molecular weight excluding hydrogens is 280 g/mol. The van der Waals surface area contributed by atoms with Crippen molar-refractivity contribution in [3.63, 3.8) is 0 Å². The quantitative estimate of drug-likeness (QED) is 0.911. The van der Waals surface area contributed by atoms with Crippen molar-refractivity contribution in [2.45, 2.75) is 40.3 Å². The minimum absolute atomic E-state index is 0.413. The van der Waals surface area contributed by atoms with Crippen LogP contribution in [0.3, 0.4) is 0 Å². The highest BCUT2D eigenvalue weighted by molar-refractivity contribution is 7.12. The summed E-state index contributed by atoms with van der Waals surface area (Å²) < 4.78 is 2.09. The van der Waals surface area contributed by atoms with E-state index in [2.05, 4.69) is 53.3 Å². The second-order valence-electron chi connectivity index (χ2n) is 6.10. The summed E-state index contributed by atoms with van der Waals surface area (Å²) in [5, 5.41) is 11.7. The van der Waals surface area contributed by atoms with E-state index in [1.165, 1.54) is 15.3 Å². The Bertz CT molecular complexity index is 628. The van der Waals surface area contributed by atoms with Crippen molar-refractivity contribution in [1.82, 2.24) is 15.1 Å². The number of hydrogen-bond donors (Lipinski definition) is 2. The number of hydrogen-bond acceptors (Lipinski definition) is 4. The summed E-state index contributed by atoms with van der Waals surface area (Å²) in [6.45, 7) is 11.7. The Balaban J connectivity index is 1.57. The van der Waals surface area contributed by atoms with E-state index in [0.717, 1.165) is 31.1 Å². The van der Waals surface area contributed by atoms with Gasteiger partial charge in [-0.1, -0.05) is 0 Å². The van der Waals surface area contributed by atoms with Gasteiger partial charge in [0.2, 0.25) is 0 Å². The molecule has 0 amide bonds. The highest BCUT2D eigenvalue weighted by Gasteiger charge is 2.20. The van der Waals surface area contributed by atoms with Crippen LogP contribution in [-0.4, -0.2) is 22.9 Å². The van der Waals surface area contributed by atoms with E-state index >= 15 is 0 Å². The average molecular weight is 304 g/mol. The lowest BCUT2D eigenvalue weighted by molar-refractivity contribution is 0.375. The number of thiophene rings is 1. The van der Waals surface area contributed by atoms with E-state index in [0.29, 0.717) is 12.0 Å². The zero-order valence-corrected chi connectivity index (χ0v) is 14.0. The van der Waals surface area contributed by atoms with Crippen LogP contribution in [-0.2, 0) is 6.54 Å². The van der Waals surface area contributed by atoms with Gasteiger partial charge in [-0.05, 0) is 39.3 Å². The summed E-state index contributed by atoms with van der Waals surface area (Å²) in [5.74, 6) is 1.74. The van der Waals surface area contributed by atoms with Gasteiger partial charge >= 0.3 is 0 Å². The number of anilines is 1. The molecule has 2 aromatic heterocycles. The molecule has 3 rings (SSSR count). The fourth-order valence-electron chi connectivity index (χ4n) is 3.06. The van der Waals surface area contributed by atoms with Gasteiger partial charge in [-0.3, -0.25) is 0 Å². The first-order valence-corrected chi connectivity index (χ1v) is 8.43. The fraction of sp³-hybridized carbons (Fsp3) is 0.562. The second kappa shape index (κ2) is 5.81. The van der Waals surface area contributed by atoms with Gasteiger partial charge in [0.15, 0.2) is 0 Å². The second-order valence-corrected chi connectivity index (χ2v) is 7.56. The van der Waals surface area contributed by atoms with Gasteiger partial charge in [-0.2, -0.15) is 5.10 Å². The number of aromatic nitrogens is 2. The first-order chi connectivity index (χ1) is 10.0. The molecule has 114 valence electrons. The number of rotatable bonds is 4. The third-order valence-corrected chi connectivity index (χ3v) is 5.15. The molecule has 2 aromatic rings. The van der Waals surface area contributed by atoms with Crippen molar-refractivity contribution in [3.8, 4) is 0 Å². The molecule has 0 unspecified atom stereocenters. The van der Waals surface area contributed by atoms with Gasteiger partial charge in [0.25, 0.3) is 0 Å². The summed E-state index contributed by atoms with van der Waals surface area (Å²) in [5.41, 5.74) is 2.53. The first kappa shape index (κ1) is 14.6. The largest absolute Gasteiger partial charge is 0.370 e. The molecule has 0 radical (unpaired) electrons. The molecule has 0 aromatic carbocycles. The normalized spacial score (nSPS) is 19.1. The monoisotopic (exact) mass is 304 g/mol. The smallest absolute Gasteiger partial charge is 0.124 e. The van der Waals surface area contributed by atoms with Crippen LogP contribution in [0.4, 0.5) is 5.82 Å². The predicted molar refractivity (Wildman–Crippen MR) is 89.2 cm³/mol. The molecule has 0 fully saturated rings. The van der Waals surface area contributed by atoms with Crippen LogP contribution in [0.25, 0.3) is 0 Å². The maximum atomic E-state index is 4.53. The van der Waals surface area contributed by atoms with Crippen LogP contribution in [0.1, 0.15) is 34.0 Å². The third-order valence-electron chi connectivity index (χ3n) is 4.16. The predicted octanol–water partition coefficient (Wildman–Crippen LogP) is 3.26. The molecule has 1 aliphatic rings. The van der Waals surface area contributed by atoms with Crippen molar-refractivity contribution in [1.29, 1.82) is 0 Å². The molecule has 0 spiro atoms. The lowest BCUT2D eigenvalue weighted by Crippen LogP contribution is -2.36. The van der Waals surface area contributed by atoms with E-state index in [1.54, 1.807) is 0 Å². The Morgan fingerprint density at radius 2 is 2.24 bits per heavy atom. The zero-order chi connectivity index (χ0) is 15.0. The van der Waals surface area contributed by atoms with Crippen LogP contribution in [0.15, 0.2) is 12.1 Å². The minimum atomic E-state index is 0.413. The van der Waals surface area contributed by atoms with Crippen molar-refractivity contribution >= 4 is 17.2 Å². The number of fused-ring (bicyclic) bond motifs is 1. The third kappa shape index (κ3) is 3.14. The maximum Gasteiger partial charge on any atom is 0.124 e. The molecule has 5 heteroatoms. The zero-order valence-electron chi connectivity index (χ0n) is 13.2. The van der Waals surface area contributed by atoms with Gasteiger partial charge < -0.3 is 10.6 Å². The molecule has 2 atom stereocenters. The van der Waals surface area contributed by atoms with Crippen LogP contribution in [0.2, 0.25) is 0 Å². The Morgan fingerprint density at radius 3 is 2.95 bits per heavy atom. The molecule has 0 bridgehead atoms. The molecule has 1 aliphatic heterocycles. The van der Waals surface area contributed by atoms with Gasteiger partial charge in [-0.25, -0.2) is 4.68 Å². The van der Waals surface area contributed by atoms with Crippen molar-refractivity contribution in [2.75, 3.05) is 18.4 Å². The highest BCUT2D eigenvalue weighted by Crippen LogP contribution is 2.26. The lowest BCUT2D eigenvalue weighted by atomic mass is 10.1. The summed E-state index contributed by atoms with van der Waals surface area (Å²) in [7, 11) is 0. The van der Waals surface area contributed by atoms with Crippen LogP contribution >= 0.6 is 11.3 Å². The molecule has 4 nitrogen and oxygen atoms in total. The fourth-order valence-corrected chi connectivity index (χ4v) is 4.08. The SMILES string of the molecule is Cc1cc2n(n1)C[C@H](CN[C@@H](C)c1cc(C)sc1C)CN2. The van der Waals surface area contributed by atoms with Crippen LogP contribution in [0, 0.1) is 26.7 Å². The molecule has 21 heavy (non-hydrogen) atoms. The van der Waals surface area contributed by atoms with Crippen LogP contribution < -0.4 is 10.6 Å². The molecular formula is C16H24N4S. The van der Waals surface area contributed by atoms with E-state index in [9.17, 15) is 0 Å². The summed E-state index contributed by atoms with van der Waals surface area (Å²) in [4.78, 5) is 2.83. The lowest BCUT2D eigenvalue weighted by Gasteiger charge is -2.26. The van der Waals surface area contributed by atoms with Crippen molar-refractivity contribution in [3.05, 3.63) is 33.1 Å². The average Bonchev–Trinajstić information content (AvgIpc) is 2.96. The summed E-state index contributed by atoms with van der Waals surface area (Å²) in [6, 6.07) is 4.84. The van der Waals surface area contributed by atoms with E-state index < -0.39 is 0 Å².